The Morgan fingerprint density at radius 1 is 1.17 bits per heavy atom. The fourth-order valence-corrected chi connectivity index (χ4v) is 4.98. The minimum Gasteiger partial charge on any atom is -0.497 e. The van der Waals surface area contributed by atoms with Crippen LogP contribution in [0.1, 0.15) is 44.4 Å². The number of ether oxygens (including phenoxy) is 3. The maximum Gasteiger partial charge on any atom is 0.341 e. The van der Waals surface area contributed by atoms with E-state index in [4.69, 9.17) is 19.9 Å². The largest absolute Gasteiger partial charge is 0.497 e. The van der Waals surface area contributed by atoms with Gasteiger partial charge in [-0.15, -0.1) is 21.5 Å². The Balaban J connectivity index is 1.65. The molecule has 0 radical (unpaired) electrons. The predicted octanol–water partition coefficient (Wildman–Crippen LogP) is 2.95. The highest BCUT2D eigenvalue weighted by Gasteiger charge is 2.25. The van der Waals surface area contributed by atoms with E-state index in [1.165, 1.54) is 7.11 Å². The molecule has 0 bridgehead atoms. The van der Waals surface area contributed by atoms with Crippen LogP contribution in [-0.2, 0) is 16.6 Å². The quantitative estimate of drug-likeness (QED) is 0.305. The van der Waals surface area contributed by atoms with E-state index in [-0.39, 0.29) is 21.2 Å². The topological polar surface area (TPSA) is 148 Å². The third-order valence-electron chi connectivity index (χ3n) is 4.95. The number of primary amides is 1. The molecule has 1 unspecified atom stereocenters. The van der Waals surface area contributed by atoms with Crippen LogP contribution < -0.4 is 20.5 Å². The van der Waals surface area contributed by atoms with Crippen LogP contribution in [-0.4, -0.2) is 52.5 Å². The number of amides is 2. The van der Waals surface area contributed by atoms with Gasteiger partial charge in [-0.05, 0) is 43.7 Å². The molecule has 3 aromatic rings. The number of thioether (sulfide) groups is 1. The van der Waals surface area contributed by atoms with E-state index in [0.29, 0.717) is 22.3 Å². The van der Waals surface area contributed by atoms with Crippen molar-refractivity contribution in [1.82, 2.24) is 14.8 Å². The second kappa shape index (κ2) is 11.2. The van der Waals surface area contributed by atoms with Crippen molar-refractivity contribution in [2.45, 2.75) is 25.1 Å². The molecule has 3 rings (SSSR count). The summed E-state index contributed by atoms with van der Waals surface area (Å²) in [5, 5.41) is 11.7. The van der Waals surface area contributed by atoms with Crippen molar-refractivity contribution in [3.63, 3.8) is 0 Å². The minimum absolute atomic E-state index is 0.0108. The lowest BCUT2D eigenvalue weighted by Gasteiger charge is -2.14. The van der Waals surface area contributed by atoms with Crippen molar-refractivity contribution < 1.29 is 28.6 Å². The molecular formula is C22H25N5O6S2. The lowest BCUT2D eigenvalue weighted by Crippen LogP contribution is -2.16. The number of aromatic nitrogens is 3. The molecule has 0 fully saturated rings. The monoisotopic (exact) mass is 519 g/mol. The predicted molar refractivity (Wildman–Crippen MR) is 131 cm³/mol. The normalized spacial score (nSPS) is 11.6. The first-order valence-electron chi connectivity index (χ1n) is 10.3. The van der Waals surface area contributed by atoms with Gasteiger partial charge in [0.15, 0.2) is 17.1 Å². The van der Waals surface area contributed by atoms with Crippen molar-refractivity contribution in [3.8, 4) is 11.5 Å². The smallest absolute Gasteiger partial charge is 0.341 e. The highest BCUT2D eigenvalue weighted by atomic mass is 32.2. The number of hydrogen-bond acceptors (Lipinski definition) is 10. The number of esters is 1. The van der Waals surface area contributed by atoms with Gasteiger partial charge in [0.2, 0.25) is 5.91 Å². The number of nitrogens with two attached hydrogens (primary N) is 1. The van der Waals surface area contributed by atoms with E-state index < -0.39 is 23.9 Å². The fraction of sp³-hybridized carbons (Fsp3) is 0.318. The molecule has 3 N–H and O–H groups in total. The first-order valence-corrected chi connectivity index (χ1v) is 12.1. The number of carbonyl (C=O) groups is 3. The fourth-order valence-electron chi connectivity index (χ4n) is 3.19. The molecule has 2 heterocycles. The van der Waals surface area contributed by atoms with Crippen LogP contribution in [0.4, 0.5) is 5.00 Å². The van der Waals surface area contributed by atoms with Gasteiger partial charge in [0.1, 0.15) is 16.5 Å². The van der Waals surface area contributed by atoms with Crippen LogP contribution in [0.15, 0.2) is 29.4 Å². The molecule has 0 aliphatic rings. The number of carbonyl (C=O) groups excluding carboxylic acids is 3. The van der Waals surface area contributed by atoms with Gasteiger partial charge in [0, 0.05) is 7.05 Å². The zero-order valence-corrected chi connectivity index (χ0v) is 21.4. The molecule has 0 saturated carbocycles. The highest BCUT2D eigenvalue weighted by Crippen LogP contribution is 2.34. The summed E-state index contributed by atoms with van der Waals surface area (Å²) in [6.45, 7) is 3.42. The minimum atomic E-state index is -0.690. The molecule has 13 heteroatoms. The van der Waals surface area contributed by atoms with Crippen LogP contribution in [0.5, 0.6) is 11.5 Å². The molecule has 35 heavy (non-hydrogen) atoms. The zero-order chi connectivity index (χ0) is 25.7. The van der Waals surface area contributed by atoms with Gasteiger partial charge < -0.3 is 29.8 Å². The third-order valence-corrected chi connectivity index (χ3v) is 7.19. The molecule has 0 saturated heterocycles. The summed E-state index contributed by atoms with van der Waals surface area (Å²) in [4.78, 5) is 36.6. The summed E-state index contributed by atoms with van der Waals surface area (Å²) in [5.74, 6) is 0.188. The molecule has 0 spiro atoms. The molecule has 186 valence electrons. The van der Waals surface area contributed by atoms with E-state index in [1.54, 1.807) is 49.9 Å². The van der Waals surface area contributed by atoms with Gasteiger partial charge in [-0.2, -0.15) is 0 Å². The zero-order valence-electron chi connectivity index (χ0n) is 19.8. The Kier molecular flexibility index (Phi) is 8.35. The van der Waals surface area contributed by atoms with Crippen LogP contribution in [0.3, 0.4) is 0 Å². The summed E-state index contributed by atoms with van der Waals surface area (Å²) in [7, 11) is 4.59. The van der Waals surface area contributed by atoms with Gasteiger partial charge in [-0.1, -0.05) is 11.8 Å². The van der Waals surface area contributed by atoms with Gasteiger partial charge in [0.05, 0.1) is 30.4 Å². The van der Waals surface area contributed by atoms with Gasteiger partial charge in [-0.25, -0.2) is 4.79 Å². The maximum atomic E-state index is 12.6. The highest BCUT2D eigenvalue weighted by molar-refractivity contribution is 7.99. The summed E-state index contributed by atoms with van der Waals surface area (Å²) in [6.07, 6.45) is -0.395. The Morgan fingerprint density at radius 3 is 2.43 bits per heavy atom. The Labute approximate surface area is 210 Å². The third kappa shape index (κ3) is 5.92. The molecule has 0 aliphatic heterocycles. The Hall–Kier alpha value is -3.58. The molecule has 2 amide bonds. The van der Waals surface area contributed by atoms with Crippen molar-refractivity contribution in [2.75, 3.05) is 25.3 Å². The van der Waals surface area contributed by atoms with Gasteiger partial charge in [-0.3, -0.25) is 9.59 Å². The van der Waals surface area contributed by atoms with Crippen molar-refractivity contribution in [1.29, 1.82) is 0 Å². The molecular weight excluding hydrogens is 494 g/mol. The maximum absolute atomic E-state index is 12.6. The van der Waals surface area contributed by atoms with Crippen molar-refractivity contribution in [3.05, 3.63) is 46.1 Å². The first kappa shape index (κ1) is 26.0. The number of nitrogens with one attached hydrogen (secondary N) is 1. The number of rotatable bonds is 10. The number of benzene rings is 1. The molecule has 1 atom stereocenters. The number of anilines is 1. The van der Waals surface area contributed by atoms with Crippen molar-refractivity contribution in [2.24, 2.45) is 12.8 Å². The molecule has 2 aromatic heterocycles. The number of thiophene rings is 1. The molecule has 11 nitrogen and oxygen atoms in total. The van der Waals surface area contributed by atoms with Crippen LogP contribution in [0, 0.1) is 6.92 Å². The Bertz CT molecular complexity index is 1240. The lowest BCUT2D eigenvalue weighted by atomic mass is 10.1. The summed E-state index contributed by atoms with van der Waals surface area (Å²) in [5.41, 5.74) is 5.85. The van der Waals surface area contributed by atoms with E-state index in [9.17, 15) is 14.4 Å². The molecule has 1 aromatic carbocycles. The average Bonchev–Trinajstić information content (AvgIpc) is 3.36. The van der Waals surface area contributed by atoms with Gasteiger partial charge >= 0.3 is 5.97 Å². The lowest BCUT2D eigenvalue weighted by molar-refractivity contribution is -0.113. The molecule has 0 aliphatic carbocycles. The summed E-state index contributed by atoms with van der Waals surface area (Å²) >= 11 is 2.09. The SMILES string of the molecule is COC(=O)c1c(NC(=O)CSc2nnc(C(C)Oc3ccc(OC)cc3)n2C)sc(C(N)=O)c1C. The number of methoxy groups -OCH3 is 2. The van der Waals surface area contributed by atoms with Crippen LogP contribution >= 0.6 is 23.1 Å². The number of hydrogen-bond donors (Lipinski definition) is 2. The van der Waals surface area contributed by atoms with Gasteiger partial charge in [0.25, 0.3) is 5.91 Å². The van der Waals surface area contributed by atoms with Crippen LogP contribution in [0.2, 0.25) is 0 Å². The average molecular weight is 520 g/mol. The summed E-state index contributed by atoms with van der Waals surface area (Å²) < 4.78 is 17.6. The van der Waals surface area contributed by atoms with E-state index in [1.807, 2.05) is 6.92 Å². The number of nitrogens with zero attached hydrogens (tertiary/aromatic N) is 3. The van der Waals surface area contributed by atoms with Crippen LogP contribution in [0.25, 0.3) is 0 Å². The van der Waals surface area contributed by atoms with E-state index in [2.05, 4.69) is 15.5 Å². The van der Waals surface area contributed by atoms with E-state index in [0.717, 1.165) is 28.8 Å². The summed E-state index contributed by atoms with van der Waals surface area (Å²) in [6, 6.07) is 7.19. The second-order valence-corrected chi connectivity index (χ2v) is 9.25. The first-order chi connectivity index (χ1) is 16.7. The van der Waals surface area contributed by atoms with E-state index >= 15 is 0 Å². The standard InChI is InChI=1S/C22H25N5O6S2/c1-11-16(21(30)32-5)20(35-17(11)18(23)29)24-15(28)10-34-22-26-25-19(27(22)3)12(2)33-14-8-6-13(31-4)7-9-14/h6-9,12H,10H2,1-5H3,(H2,23,29)(H,24,28). The Morgan fingerprint density at radius 2 is 1.83 bits per heavy atom. The second-order valence-electron chi connectivity index (χ2n) is 7.29. The van der Waals surface area contributed by atoms with Crippen molar-refractivity contribution >= 4 is 45.9 Å².